The predicted molar refractivity (Wildman–Crippen MR) is 93.5 cm³/mol. The van der Waals surface area contributed by atoms with E-state index in [1.165, 1.54) is 6.42 Å². The third-order valence-corrected chi connectivity index (χ3v) is 4.55. The van der Waals surface area contributed by atoms with E-state index in [1.54, 1.807) is 0 Å². The van der Waals surface area contributed by atoms with Crippen LogP contribution in [0.25, 0.3) is 11.3 Å². The Balaban J connectivity index is 1.88. The molecule has 0 unspecified atom stereocenters. The van der Waals surface area contributed by atoms with Gasteiger partial charge in [0.2, 0.25) is 0 Å². The predicted octanol–water partition coefficient (Wildman–Crippen LogP) is 3.23. The van der Waals surface area contributed by atoms with Gasteiger partial charge < -0.3 is 16.4 Å². The molecule has 1 saturated carbocycles. The summed E-state index contributed by atoms with van der Waals surface area (Å²) in [5.74, 6) is -0.0729. The summed E-state index contributed by atoms with van der Waals surface area (Å²) in [7, 11) is 0. The Morgan fingerprint density at radius 1 is 1.13 bits per heavy atom. The number of benzene rings is 2. The maximum absolute atomic E-state index is 12.6. The highest BCUT2D eigenvalue weighted by atomic mass is 16.2. The molecule has 23 heavy (non-hydrogen) atoms. The molecule has 2 aliphatic rings. The van der Waals surface area contributed by atoms with Gasteiger partial charge in [0.05, 0.1) is 11.3 Å². The van der Waals surface area contributed by atoms with Gasteiger partial charge in [-0.2, -0.15) is 0 Å². The average Bonchev–Trinajstić information content (AvgIpc) is 2.83. The highest BCUT2D eigenvalue weighted by Crippen LogP contribution is 2.38. The van der Waals surface area contributed by atoms with Gasteiger partial charge >= 0.3 is 0 Å². The highest BCUT2D eigenvalue weighted by Gasteiger charge is 2.30. The van der Waals surface area contributed by atoms with Crippen LogP contribution in [0.15, 0.2) is 48.5 Å². The minimum absolute atomic E-state index is 0.0729. The molecule has 0 bridgehead atoms. The van der Waals surface area contributed by atoms with E-state index in [0.29, 0.717) is 17.3 Å². The lowest BCUT2D eigenvalue weighted by atomic mass is 9.91. The molecule has 0 aromatic heterocycles. The van der Waals surface area contributed by atoms with E-state index in [4.69, 9.17) is 5.73 Å². The van der Waals surface area contributed by atoms with Gasteiger partial charge in [-0.15, -0.1) is 0 Å². The summed E-state index contributed by atoms with van der Waals surface area (Å²) >= 11 is 0. The molecule has 1 amide bonds. The molecule has 4 nitrogen and oxygen atoms in total. The molecule has 1 heterocycles. The molecule has 0 atom stereocenters. The first kappa shape index (κ1) is 13.9. The Morgan fingerprint density at radius 2 is 1.91 bits per heavy atom. The second-order valence-corrected chi connectivity index (χ2v) is 6.15. The Morgan fingerprint density at radius 3 is 2.61 bits per heavy atom. The van der Waals surface area contributed by atoms with Crippen LogP contribution in [0.2, 0.25) is 0 Å². The van der Waals surface area contributed by atoms with Crippen LogP contribution in [0.1, 0.15) is 30.4 Å². The SMILES string of the molecule is Nc1ccc2c(c1)C(=C(NC1CCC1)c1ccccc1)C(=O)N2. The number of hydrogen-bond acceptors (Lipinski definition) is 3. The summed E-state index contributed by atoms with van der Waals surface area (Å²) in [5, 5.41) is 6.52. The normalized spacial score (nSPS) is 18.9. The molecule has 1 aliphatic carbocycles. The van der Waals surface area contributed by atoms with Crippen LogP contribution in [-0.2, 0) is 4.79 Å². The largest absolute Gasteiger partial charge is 0.399 e. The molecule has 4 heteroatoms. The Bertz CT molecular complexity index is 792. The molecule has 0 radical (unpaired) electrons. The summed E-state index contributed by atoms with van der Waals surface area (Å²) < 4.78 is 0. The van der Waals surface area contributed by atoms with Crippen molar-refractivity contribution in [3.8, 4) is 0 Å². The fourth-order valence-electron chi connectivity index (χ4n) is 3.09. The highest BCUT2D eigenvalue weighted by molar-refractivity contribution is 6.36. The molecule has 2 aromatic rings. The number of anilines is 2. The fourth-order valence-corrected chi connectivity index (χ4v) is 3.09. The first-order chi connectivity index (χ1) is 11.2. The molecule has 116 valence electrons. The lowest BCUT2D eigenvalue weighted by molar-refractivity contribution is -0.110. The number of nitrogen functional groups attached to an aromatic ring is 1. The molecule has 1 aliphatic heterocycles. The smallest absolute Gasteiger partial charge is 0.258 e. The van der Waals surface area contributed by atoms with Crippen molar-refractivity contribution in [2.24, 2.45) is 0 Å². The summed E-state index contributed by atoms with van der Waals surface area (Å²) in [6, 6.07) is 16.0. The van der Waals surface area contributed by atoms with Crippen LogP contribution in [-0.4, -0.2) is 11.9 Å². The zero-order chi connectivity index (χ0) is 15.8. The Hall–Kier alpha value is -2.75. The zero-order valence-corrected chi connectivity index (χ0v) is 12.8. The van der Waals surface area contributed by atoms with Crippen LogP contribution >= 0.6 is 0 Å². The van der Waals surface area contributed by atoms with Gasteiger partial charge in [0.15, 0.2) is 0 Å². The molecular weight excluding hydrogens is 286 g/mol. The van der Waals surface area contributed by atoms with Gasteiger partial charge in [-0.1, -0.05) is 30.3 Å². The lowest BCUT2D eigenvalue weighted by Crippen LogP contribution is -2.34. The Kier molecular flexibility index (Phi) is 3.30. The first-order valence-corrected chi connectivity index (χ1v) is 8.00. The van der Waals surface area contributed by atoms with Crippen molar-refractivity contribution in [2.45, 2.75) is 25.3 Å². The number of carbonyl (C=O) groups excluding carboxylic acids is 1. The summed E-state index contributed by atoms with van der Waals surface area (Å²) in [6.45, 7) is 0. The quantitative estimate of drug-likeness (QED) is 0.602. The topological polar surface area (TPSA) is 67.1 Å². The van der Waals surface area contributed by atoms with E-state index in [2.05, 4.69) is 10.6 Å². The second kappa shape index (κ2) is 5.47. The van der Waals surface area contributed by atoms with E-state index < -0.39 is 0 Å². The van der Waals surface area contributed by atoms with Gasteiger partial charge in [-0.25, -0.2) is 0 Å². The van der Waals surface area contributed by atoms with E-state index >= 15 is 0 Å². The third-order valence-electron chi connectivity index (χ3n) is 4.55. The van der Waals surface area contributed by atoms with Crippen LogP contribution in [0.3, 0.4) is 0 Å². The standard InChI is InChI=1S/C19H19N3O/c20-13-9-10-16-15(11-13)17(19(23)22-16)18(21-14-7-4-8-14)12-5-2-1-3-6-12/h1-3,5-6,9-11,14,21H,4,7-8,20H2,(H,22,23). The number of fused-ring (bicyclic) bond motifs is 1. The van der Waals surface area contributed by atoms with Crippen molar-refractivity contribution >= 4 is 28.6 Å². The van der Waals surface area contributed by atoms with Crippen LogP contribution in [0.4, 0.5) is 11.4 Å². The van der Waals surface area contributed by atoms with Crippen LogP contribution in [0.5, 0.6) is 0 Å². The van der Waals surface area contributed by atoms with Crippen molar-refractivity contribution < 1.29 is 4.79 Å². The average molecular weight is 305 g/mol. The van der Waals surface area contributed by atoms with Crippen molar-refractivity contribution in [2.75, 3.05) is 11.1 Å². The molecule has 0 saturated heterocycles. The number of rotatable bonds is 3. The number of carbonyl (C=O) groups is 1. The molecule has 2 aromatic carbocycles. The minimum Gasteiger partial charge on any atom is -0.399 e. The van der Waals surface area contributed by atoms with Crippen molar-refractivity contribution in [3.63, 3.8) is 0 Å². The number of nitrogens with two attached hydrogens (primary N) is 1. The van der Waals surface area contributed by atoms with Crippen molar-refractivity contribution in [1.82, 2.24) is 5.32 Å². The summed E-state index contributed by atoms with van der Waals surface area (Å²) in [4.78, 5) is 12.6. The number of hydrogen-bond donors (Lipinski definition) is 3. The lowest BCUT2D eigenvalue weighted by Gasteiger charge is -2.29. The van der Waals surface area contributed by atoms with Gasteiger partial charge in [0.25, 0.3) is 5.91 Å². The van der Waals surface area contributed by atoms with E-state index in [0.717, 1.165) is 35.4 Å². The molecule has 0 spiro atoms. The monoisotopic (exact) mass is 305 g/mol. The maximum atomic E-state index is 12.6. The zero-order valence-electron chi connectivity index (χ0n) is 12.8. The summed E-state index contributed by atoms with van der Waals surface area (Å²) in [5.41, 5.74) is 10.9. The van der Waals surface area contributed by atoms with Gasteiger partial charge in [0, 0.05) is 23.0 Å². The van der Waals surface area contributed by atoms with Crippen molar-refractivity contribution in [3.05, 3.63) is 59.7 Å². The summed E-state index contributed by atoms with van der Waals surface area (Å²) in [6.07, 6.45) is 3.54. The van der Waals surface area contributed by atoms with Crippen molar-refractivity contribution in [1.29, 1.82) is 0 Å². The van der Waals surface area contributed by atoms with Crippen LogP contribution < -0.4 is 16.4 Å². The fraction of sp³-hybridized carbons (Fsp3) is 0.211. The number of amides is 1. The second-order valence-electron chi connectivity index (χ2n) is 6.15. The minimum atomic E-state index is -0.0729. The van der Waals surface area contributed by atoms with Gasteiger partial charge in [-0.3, -0.25) is 4.79 Å². The van der Waals surface area contributed by atoms with Gasteiger partial charge in [0.1, 0.15) is 0 Å². The third kappa shape index (κ3) is 2.46. The van der Waals surface area contributed by atoms with E-state index in [9.17, 15) is 4.79 Å². The van der Waals surface area contributed by atoms with E-state index in [1.807, 2.05) is 48.5 Å². The molecule has 1 fully saturated rings. The van der Waals surface area contributed by atoms with Crippen LogP contribution in [0, 0.1) is 0 Å². The number of nitrogens with one attached hydrogen (secondary N) is 2. The molecule has 4 rings (SSSR count). The van der Waals surface area contributed by atoms with Gasteiger partial charge in [-0.05, 0) is 43.0 Å². The van der Waals surface area contributed by atoms with E-state index in [-0.39, 0.29) is 5.91 Å². The maximum Gasteiger partial charge on any atom is 0.258 e. The Labute approximate surface area is 135 Å². The first-order valence-electron chi connectivity index (χ1n) is 8.00. The molecular formula is C19H19N3O. The molecule has 4 N–H and O–H groups in total.